The van der Waals surface area contributed by atoms with E-state index in [1.165, 1.54) is 18.2 Å². The summed E-state index contributed by atoms with van der Waals surface area (Å²) in [5.74, 6) is 1.80. The van der Waals surface area contributed by atoms with Crippen molar-refractivity contribution in [3.63, 3.8) is 0 Å². The minimum atomic E-state index is -0.353. The second-order valence-electron chi connectivity index (χ2n) is 4.38. The molecule has 1 fully saturated rings. The number of ketones is 1. The van der Waals surface area contributed by atoms with E-state index in [-0.39, 0.29) is 24.1 Å². The van der Waals surface area contributed by atoms with Crippen LogP contribution in [0.3, 0.4) is 0 Å². The first kappa shape index (κ1) is 13.8. The van der Waals surface area contributed by atoms with Crippen molar-refractivity contribution in [3.8, 4) is 0 Å². The van der Waals surface area contributed by atoms with Gasteiger partial charge < -0.3 is 5.32 Å². The quantitative estimate of drug-likeness (QED) is 0.923. The van der Waals surface area contributed by atoms with Crippen molar-refractivity contribution in [2.75, 3.05) is 18.1 Å². The predicted molar refractivity (Wildman–Crippen MR) is 73.9 cm³/mol. The maximum atomic E-state index is 13.1. The van der Waals surface area contributed by atoms with E-state index in [1.807, 2.05) is 11.8 Å². The van der Waals surface area contributed by atoms with E-state index in [0.717, 1.165) is 18.1 Å². The van der Waals surface area contributed by atoms with E-state index in [1.54, 1.807) is 0 Å². The third-order valence-corrected chi connectivity index (χ3v) is 4.37. The fraction of sp³-hybridized carbons (Fsp3) is 0.462. The molecular weight excluding hydrogens is 273 g/mol. The van der Waals surface area contributed by atoms with Gasteiger partial charge in [0.2, 0.25) is 0 Å². The minimum Gasteiger partial charge on any atom is -0.312 e. The SMILES string of the molecule is O=C(Cc1cc(F)ccc1Cl)CC1CSCCN1. The summed E-state index contributed by atoms with van der Waals surface area (Å²) in [5, 5.41) is 3.77. The lowest BCUT2D eigenvalue weighted by Crippen LogP contribution is -2.39. The highest BCUT2D eigenvalue weighted by Crippen LogP contribution is 2.19. The fourth-order valence-corrected chi connectivity index (χ4v) is 3.12. The molecule has 1 aliphatic rings. The highest BCUT2D eigenvalue weighted by atomic mass is 35.5. The third kappa shape index (κ3) is 3.97. The molecule has 1 aliphatic heterocycles. The summed E-state index contributed by atoms with van der Waals surface area (Å²) in [6, 6.07) is 4.37. The fourth-order valence-electron chi connectivity index (χ4n) is 1.99. The van der Waals surface area contributed by atoms with Crippen molar-refractivity contribution in [2.45, 2.75) is 18.9 Å². The maximum Gasteiger partial charge on any atom is 0.138 e. The topological polar surface area (TPSA) is 29.1 Å². The van der Waals surface area contributed by atoms with Gasteiger partial charge in [0.05, 0.1) is 0 Å². The lowest BCUT2D eigenvalue weighted by atomic mass is 10.0. The molecule has 0 bridgehead atoms. The van der Waals surface area contributed by atoms with Gasteiger partial charge in [-0.15, -0.1) is 0 Å². The molecule has 0 aliphatic carbocycles. The molecule has 18 heavy (non-hydrogen) atoms. The van der Waals surface area contributed by atoms with E-state index in [4.69, 9.17) is 11.6 Å². The molecule has 2 nitrogen and oxygen atoms in total. The Labute approximate surface area is 115 Å². The Hall–Kier alpha value is -0.580. The number of hydrogen-bond acceptors (Lipinski definition) is 3. The number of hydrogen-bond donors (Lipinski definition) is 1. The van der Waals surface area contributed by atoms with Crippen LogP contribution in [0.1, 0.15) is 12.0 Å². The van der Waals surface area contributed by atoms with Gasteiger partial charge in [0.25, 0.3) is 0 Å². The van der Waals surface area contributed by atoms with Gasteiger partial charge in [-0.05, 0) is 23.8 Å². The average molecular weight is 288 g/mol. The lowest BCUT2D eigenvalue weighted by molar-refractivity contribution is -0.118. The molecule has 1 aromatic carbocycles. The Bertz CT molecular complexity index is 435. The second-order valence-corrected chi connectivity index (χ2v) is 5.94. The van der Waals surface area contributed by atoms with Crippen LogP contribution < -0.4 is 5.32 Å². The number of benzene rings is 1. The highest BCUT2D eigenvalue weighted by Gasteiger charge is 2.17. The van der Waals surface area contributed by atoms with Gasteiger partial charge >= 0.3 is 0 Å². The Balaban J connectivity index is 1.92. The molecule has 1 N–H and O–H groups in total. The van der Waals surface area contributed by atoms with Crippen LogP contribution >= 0.6 is 23.4 Å². The summed E-state index contributed by atoms with van der Waals surface area (Å²) in [4.78, 5) is 11.9. The number of rotatable bonds is 4. The summed E-state index contributed by atoms with van der Waals surface area (Å²) in [6.45, 7) is 0.948. The molecule has 0 aromatic heterocycles. The summed E-state index contributed by atoms with van der Waals surface area (Å²) in [7, 11) is 0. The van der Waals surface area contributed by atoms with E-state index in [0.29, 0.717) is 17.0 Å². The molecule has 1 saturated heterocycles. The van der Waals surface area contributed by atoms with Crippen molar-refractivity contribution < 1.29 is 9.18 Å². The first-order chi connectivity index (χ1) is 8.65. The zero-order valence-corrected chi connectivity index (χ0v) is 11.5. The Morgan fingerprint density at radius 3 is 3.11 bits per heavy atom. The number of thioether (sulfide) groups is 1. The predicted octanol–water partition coefficient (Wildman–Crippen LogP) is 2.69. The summed E-state index contributed by atoms with van der Waals surface area (Å²) in [6.07, 6.45) is 0.694. The standard InChI is InChI=1S/C13H15ClFNOS/c14-13-2-1-10(15)5-9(13)6-12(17)7-11-8-18-4-3-16-11/h1-2,5,11,16H,3-4,6-8H2. The normalized spacial score (nSPS) is 19.8. The van der Waals surface area contributed by atoms with E-state index in [2.05, 4.69) is 5.32 Å². The first-order valence-electron chi connectivity index (χ1n) is 5.92. The molecule has 1 atom stereocenters. The van der Waals surface area contributed by atoms with Gasteiger partial charge in [-0.2, -0.15) is 11.8 Å². The van der Waals surface area contributed by atoms with Gasteiger partial charge in [-0.25, -0.2) is 4.39 Å². The Morgan fingerprint density at radius 1 is 1.56 bits per heavy atom. The number of carbonyl (C=O) groups is 1. The van der Waals surface area contributed by atoms with Crippen molar-refractivity contribution in [2.24, 2.45) is 0 Å². The van der Waals surface area contributed by atoms with Gasteiger partial charge in [0.1, 0.15) is 11.6 Å². The smallest absolute Gasteiger partial charge is 0.138 e. The monoisotopic (exact) mass is 287 g/mol. The zero-order chi connectivity index (χ0) is 13.0. The number of carbonyl (C=O) groups excluding carboxylic acids is 1. The molecule has 5 heteroatoms. The first-order valence-corrected chi connectivity index (χ1v) is 7.45. The molecule has 2 rings (SSSR count). The van der Waals surface area contributed by atoms with Crippen molar-refractivity contribution in [1.29, 1.82) is 0 Å². The second kappa shape index (κ2) is 6.55. The number of Topliss-reactive ketones (excluding diaryl/α,β-unsaturated/α-hetero) is 1. The van der Waals surface area contributed by atoms with Crippen LogP contribution in [0.25, 0.3) is 0 Å². The highest BCUT2D eigenvalue weighted by molar-refractivity contribution is 7.99. The van der Waals surface area contributed by atoms with Gasteiger partial charge in [0, 0.05) is 42.0 Å². The van der Waals surface area contributed by atoms with Crippen LogP contribution in [0.5, 0.6) is 0 Å². The van der Waals surface area contributed by atoms with Gasteiger partial charge in [-0.1, -0.05) is 11.6 Å². The van der Waals surface area contributed by atoms with Gasteiger partial charge in [-0.3, -0.25) is 4.79 Å². The Kier molecular flexibility index (Phi) is 5.03. The lowest BCUT2D eigenvalue weighted by Gasteiger charge is -2.22. The molecule has 0 saturated carbocycles. The van der Waals surface area contributed by atoms with Crippen LogP contribution in [-0.4, -0.2) is 29.9 Å². The van der Waals surface area contributed by atoms with Crippen LogP contribution in [0, 0.1) is 5.82 Å². The average Bonchev–Trinajstić information content (AvgIpc) is 2.35. The maximum absolute atomic E-state index is 13.1. The Morgan fingerprint density at radius 2 is 2.39 bits per heavy atom. The molecular formula is C13H15ClFNOS. The number of halogens is 2. The van der Waals surface area contributed by atoms with E-state index < -0.39 is 0 Å². The van der Waals surface area contributed by atoms with Gasteiger partial charge in [0.15, 0.2) is 0 Å². The molecule has 0 spiro atoms. The number of nitrogens with one attached hydrogen (secondary N) is 1. The van der Waals surface area contributed by atoms with Crippen LogP contribution in [0.2, 0.25) is 5.02 Å². The van der Waals surface area contributed by atoms with Crippen molar-refractivity contribution >= 4 is 29.1 Å². The van der Waals surface area contributed by atoms with Crippen molar-refractivity contribution in [1.82, 2.24) is 5.32 Å². The largest absolute Gasteiger partial charge is 0.312 e. The van der Waals surface area contributed by atoms with Crippen LogP contribution in [-0.2, 0) is 11.2 Å². The molecule has 0 radical (unpaired) electrons. The molecule has 1 aromatic rings. The summed E-state index contributed by atoms with van der Waals surface area (Å²) in [5.41, 5.74) is 0.574. The van der Waals surface area contributed by atoms with Crippen LogP contribution in [0.4, 0.5) is 4.39 Å². The molecule has 98 valence electrons. The summed E-state index contributed by atoms with van der Waals surface area (Å²) < 4.78 is 13.1. The zero-order valence-electron chi connectivity index (χ0n) is 9.92. The minimum absolute atomic E-state index is 0.0995. The van der Waals surface area contributed by atoms with Crippen LogP contribution in [0.15, 0.2) is 18.2 Å². The molecule has 0 amide bonds. The van der Waals surface area contributed by atoms with Crippen molar-refractivity contribution in [3.05, 3.63) is 34.6 Å². The molecule has 1 heterocycles. The summed E-state index contributed by atoms with van der Waals surface area (Å²) >= 11 is 7.80. The van der Waals surface area contributed by atoms with E-state index >= 15 is 0 Å². The molecule has 1 unspecified atom stereocenters. The van der Waals surface area contributed by atoms with E-state index in [9.17, 15) is 9.18 Å². The third-order valence-electron chi connectivity index (χ3n) is 2.87.